The van der Waals surface area contributed by atoms with Gasteiger partial charge in [0.15, 0.2) is 0 Å². The lowest BCUT2D eigenvalue weighted by Gasteiger charge is -2.24. The van der Waals surface area contributed by atoms with Crippen molar-refractivity contribution in [1.29, 1.82) is 0 Å². The lowest BCUT2D eigenvalue weighted by Crippen LogP contribution is -2.25. The molecule has 0 unspecified atom stereocenters. The molecule has 6 heteroatoms. The van der Waals surface area contributed by atoms with Crippen LogP contribution in [0.1, 0.15) is 43.8 Å². The van der Waals surface area contributed by atoms with Crippen molar-refractivity contribution in [1.82, 2.24) is 15.0 Å². The van der Waals surface area contributed by atoms with Gasteiger partial charge in [-0.3, -0.25) is 0 Å². The Morgan fingerprint density at radius 3 is 2.53 bits per heavy atom. The first kappa shape index (κ1) is 10.5. The summed E-state index contributed by atoms with van der Waals surface area (Å²) in [6.45, 7) is -2.65. The third-order valence-corrected chi connectivity index (χ3v) is 2.89. The lowest BCUT2D eigenvalue weighted by molar-refractivity contribution is 0.0407. The molecule has 0 bridgehead atoms. The summed E-state index contributed by atoms with van der Waals surface area (Å²) in [5.74, 6) is 0.247. The Balaban J connectivity index is 2.03. The van der Waals surface area contributed by atoms with Crippen LogP contribution in [0.25, 0.3) is 0 Å². The summed E-state index contributed by atoms with van der Waals surface area (Å²) in [5, 5.41) is 7.31. The summed E-state index contributed by atoms with van der Waals surface area (Å²) in [6.07, 6.45) is 5.15. The van der Waals surface area contributed by atoms with E-state index in [1.54, 1.807) is 0 Å². The van der Waals surface area contributed by atoms with Gasteiger partial charge < -0.3 is 5.73 Å². The number of hydrogen-bond acceptors (Lipinski definition) is 3. The average molecular weight is 216 g/mol. The molecule has 2 rings (SSSR count). The smallest absolute Gasteiger partial charge is 0.328 e. The third-order valence-electron chi connectivity index (χ3n) is 2.89. The van der Waals surface area contributed by atoms with Gasteiger partial charge in [-0.15, -0.1) is 4.80 Å². The summed E-state index contributed by atoms with van der Waals surface area (Å²) < 4.78 is 24.5. The van der Waals surface area contributed by atoms with Crippen LogP contribution in [-0.4, -0.2) is 21.0 Å². The van der Waals surface area contributed by atoms with E-state index in [0.717, 1.165) is 25.7 Å². The number of nitrogens with two attached hydrogens (primary N) is 1. The first-order valence-electron chi connectivity index (χ1n) is 5.12. The van der Waals surface area contributed by atoms with E-state index in [-0.39, 0.29) is 12.0 Å². The number of hydrogen-bond donors (Lipinski definition) is 1. The summed E-state index contributed by atoms with van der Waals surface area (Å²) >= 11 is 0. The fourth-order valence-electron chi connectivity index (χ4n) is 1.98. The minimum absolute atomic E-state index is 0.247. The van der Waals surface area contributed by atoms with E-state index in [1.165, 1.54) is 6.20 Å². The van der Waals surface area contributed by atoms with Crippen LogP contribution in [-0.2, 0) is 0 Å². The Kier molecular flexibility index (Phi) is 2.95. The van der Waals surface area contributed by atoms with Crippen molar-refractivity contribution >= 4 is 0 Å². The number of rotatable bonds is 2. The van der Waals surface area contributed by atoms with Gasteiger partial charge in [0.05, 0.1) is 11.9 Å². The second-order valence-corrected chi connectivity index (χ2v) is 3.98. The zero-order valence-corrected chi connectivity index (χ0v) is 8.31. The van der Waals surface area contributed by atoms with Crippen molar-refractivity contribution in [3.63, 3.8) is 0 Å². The molecule has 0 atom stereocenters. The molecule has 2 N–H and O–H groups in total. The standard InChI is InChI=1S/C9H14F2N4/c10-9(11)15-13-5-8(14-15)6-1-3-7(12)4-2-6/h5-7,9H,1-4,12H2/t6-,7-. The molecule has 1 aromatic rings. The molecule has 0 radical (unpaired) electrons. The minimum atomic E-state index is -2.65. The highest BCUT2D eigenvalue weighted by molar-refractivity contribution is 5.03. The fraction of sp³-hybridized carbons (Fsp3) is 0.778. The molecule has 0 aliphatic heterocycles. The van der Waals surface area contributed by atoms with Crippen LogP contribution >= 0.6 is 0 Å². The maximum atomic E-state index is 12.2. The predicted octanol–water partition coefficient (Wildman–Crippen LogP) is 1.66. The first-order chi connectivity index (χ1) is 7.16. The van der Waals surface area contributed by atoms with Gasteiger partial charge in [0.2, 0.25) is 0 Å². The fourth-order valence-corrected chi connectivity index (χ4v) is 1.98. The Hall–Kier alpha value is -1.04. The van der Waals surface area contributed by atoms with E-state index in [0.29, 0.717) is 10.5 Å². The molecule has 1 aliphatic rings. The van der Waals surface area contributed by atoms with Crippen LogP contribution in [0.4, 0.5) is 8.78 Å². The highest BCUT2D eigenvalue weighted by atomic mass is 19.3. The lowest BCUT2D eigenvalue weighted by atomic mass is 9.85. The molecule has 1 aliphatic carbocycles. The molecule has 1 fully saturated rings. The summed E-state index contributed by atoms with van der Waals surface area (Å²) in [4.78, 5) is 0.462. The summed E-state index contributed by atoms with van der Waals surface area (Å²) in [6, 6.07) is 0.256. The van der Waals surface area contributed by atoms with Gasteiger partial charge in [0.25, 0.3) is 0 Å². The van der Waals surface area contributed by atoms with Crippen molar-refractivity contribution < 1.29 is 8.78 Å². The van der Waals surface area contributed by atoms with Gasteiger partial charge >= 0.3 is 6.55 Å². The van der Waals surface area contributed by atoms with Crippen molar-refractivity contribution in [2.24, 2.45) is 5.73 Å². The molecule has 0 spiro atoms. The van der Waals surface area contributed by atoms with Crippen LogP contribution < -0.4 is 5.73 Å². The normalized spacial score (nSPS) is 27.2. The van der Waals surface area contributed by atoms with Crippen LogP contribution in [0, 0.1) is 0 Å². The number of nitrogens with zero attached hydrogens (tertiary/aromatic N) is 3. The molecule has 1 heterocycles. The highest BCUT2D eigenvalue weighted by Gasteiger charge is 2.23. The zero-order valence-electron chi connectivity index (χ0n) is 8.31. The van der Waals surface area contributed by atoms with Gasteiger partial charge in [0, 0.05) is 12.0 Å². The molecule has 0 aromatic carbocycles. The van der Waals surface area contributed by atoms with Crippen molar-refractivity contribution in [2.45, 2.75) is 44.2 Å². The Labute approximate surface area is 86.4 Å². The molecule has 15 heavy (non-hydrogen) atoms. The topological polar surface area (TPSA) is 56.7 Å². The number of alkyl halides is 2. The van der Waals surface area contributed by atoms with Crippen molar-refractivity contribution in [3.05, 3.63) is 11.9 Å². The molecule has 0 amide bonds. The maximum Gasteiger partial charge on any atom is 0.348 e. The Bertz CT molecular complexity index is 318. The number of halogens is 2. The molecular weight excluding hydrogens is 202 g/mol. The molecule has 84 valence electrons. The van der Waals surface area contributed by atoms with Gasteiger partial charge in [0.1, 0.15) is 0 Å². The SMILES string of the molecule is N[C@H]1CC[C@H](c2cnn(C(F)F)n2)CC1. The second kappa shape index (κ2) is 4.22. The van der Waals surface area contributed by atoms with E-state index in [9.17, 15) is 8.78 Å². The second-order valence-electron chi connectivity index (χ2n) is 3.98. The quantitative estimate of drug-likeness (QED) is 0.817. The van der Waals surface area contributed by atoms with Crippen LogP contribution in [0.15, 0.2) is 6.20 Å². The largest absolute Gasteiger partial charge is 0.348 e. The maximum absolute atomic E-state index is 12.2. The van der Waals surface area contributed by atoms with Crippen molar-refractivity contribution in [3.8, 4) is 0 Å². The zero-order chi connectivity index (χ0) is 10.8. The highest BCUT2D eigenvalue weighted by Crippen LogP contribution is 2.30. The average Bonchev–Trinajstić information content (AvgIpc) is 2.68. The third kappa shape index (κ3) is 2.31. The number of aromatic nitrogens is 3. The Morgan fingerprint density at radius 1 is 1.33 bits per heavy atom. The molecule has 1 saturated carbocycles. The van der Waals surface area contributed by atoms with E-state index in [1.807, 2.05) is 0 Å². The molecule has 0 saturated heterocycles. The van der Waals surface area contributed by atoms with E-state index in [2.05, 4.69) is 10.2 Å². The Morgan fingerprint density at radius 2 is 2.00 bits per heavy atom. The van der Waals surface area contributed by atoms with Gasteiger partial charge in [-0.1, -0.05) is 0 Å². The van der Waals surface area contributed by atoms with E-state index >= 15 is 0 Å². The first-order valence-corrected chi connectivity index (χ1v) is 5.12. The van der Waals surface area contributed by atoms with Gasteiger partial charge in [-0.25, -0.2) is 0 Å². The summed E-state index contributed by atoms with van der Waals surface area (Å²) in [5.41, 5.74) is 6.44. The van der Waals surface area contributed by atoms with Crippen molar-refractivity contribution in [2.75, 3.05) is 0 Å². The van der Waals surface area contributed by atoms with Crippen LogP contribution in [0.2, 0.25) is 0 Å². The van der Waals surface area contributed by atoms with Gasteiger partial charge in [-0.05, 0) is 25.7 Å². The van der Waals surface area contributed by atoms with Crippen LogP contribution in [0.5, 0.6) is 0 Å². The monoisotopic (exact) mass is 216 g/mol. The molecule has 1 aromatic heterocycles. The summed E-state index contributed by atoms with van der Waals surface area (Å²) in [7, 11) is 0. The minimum Gasteiger partial charge on any atom is -0.328 e. The molecule has 4 nitrogen and oxygen atoms in total. The molecular formula is C9H14F2N4. The van der Waals surface area contributed by atoms with E-state index in [4.69, 9.17) is 5.73 Å². The van der Waals surface area contributed by atoms with E-state index < -0.39 is 6.55 Å². The predicted molar refractivity (Wildman–Crippen MR) is 50.5 cm³/mol. The van der Waals surface area contributed by atoms with Gasteiger partial charge in [-0.2, -0.15) is 19.0 Å². The van der Waals surface area contributed by atoms with Crippen LogP contribution in [0.3, 0.4) is 0 Å².